The Hall–Kier alpha value is -2.63. The van der Waals surface area contributed by atoms with Crippen molar-refractivity contribution in [1.82, 2.24) is 9.88 Å². The van der Waals surface area contributed by atoms with Gasteiger partial charge < -0.3 is 15.1 Å². The molecule has 2 saturated heterocycles. The summed E-state index contributed by atoms with van der Waals surface area (Å²) in [6, 6.07) is 8.05. The van der Waals surface area contributed by atoms with Crippen LogP contribution in [-0.4, -0.2) is 47.9 Å². The molecule has 0 saturated carbocycles. The molecule has 4 rings (SSSR count). The van der Waals surface area contributed by atoms with Crippen LogP contribution in [0.5, 0.6) is 0 Å². The minimum atomic E-state index is -0.119. The zero-order valence-electron chi connectivity index (χ0n) is 20.6. The summed E-state index contributed by atoms with van der Waals surface area (Å²) >= 11 is 0. The number of rotatable bonds is 5. The molecule has 1 aromatic carbocycles. The first-order valence-electron chi connectivity index (χ1n) is 12.5. The molecular formula is C27H38N4O2. The van der Waals surface area contributed by atoms with Crippen LogP contribution in [-0.2, 0) is 9.59 Å². The van der Waals surface area contributed by atoms with Gasteiger partial charge in [0.15, 0.2) is 0 Å². The van der Waals surface area contributed by atoms with Gasteiger partial charge in [-0.15, -0.1) is 0 Å². The zero-order valence-corrected chi connectivity index (χ0v) is 20.6. The topological polar surface area (TPSA) is 65.5 Å². The molecule has 0 aliphatic carbocycles. The standard InChI is InChI=1S/C27H38N4O2/c1-18-6-5-11-30(15-18)27(33)10-9-26(32)28-22-7-8-24-23(14-22)21(4)13-25(29-24)31-16-19(2)12-20(3)17-31/h7-8,13-14,18-20H,5-6,9-12,15-17H2,1-4H3,(H,28,32)/t18-,19-,20-/m1/s1. The highest BCUT2D eigenvalue weighted by Gasteiger charge is 2.24. The molecule has 178 valence electrons. The maximum absolute atomic E-state index is 12.5. The van der Waals surface area contributed by atoms with E-state index in [9.17, 15) is 9.59 Å². The Balaban J connectivity index is 1.39. The van der Waals surface area contributed by atoms with Crippen molar-refractivity contribution < 1.29 is 9.59 Å². The molecule has 6 heteroatoms. The molecule has 0 radical (unpaired) electrons. The highest BCUT2D eigenvalue weighted by molar-refractivity contribution is 5.96. The molecule has 1 N–H and O–H groups in total. The molecule has 1 aromatic heterocycles. The number of anilines is 2. The van der Waals surface area contributed by atoms with E-state index in [1.165, 1.54) is 12.8 Å². The van der Waals surface area contributed by atoms with Crippen molar-refractivity contribution >= 4 is 34.2 Å². The predicted molar refractivity (Wildman–Crippen MR) is 134 cm³/mol. The van der Waals surface area contributed by atoms with Crippen LogP contribution in [0.1, 0.15) is 58.4 Å². The summed E-state index contributed by atoms with van der Waals surface area (Å²) < 4.78 is 0. The second-order valence-corrected chi connectivity index (χ2v) is 10.5. The molecule has 0 unspecified atom stereocenters. The van der Waals surface area contributed by atoms with E-state index in [2.05, 4.69) is 44.0 Å². The molecule has 2 aromatic rings. The van der Waals surface area contributed by atoms with Gasteiger partial charge >= 0.3 is 0 Å². The van der Waals surface area contributed by atoms with Crippen molar-refractivity contribution in [2.75, 3.05) is 36.4 Å². The summed E-state index contributed by atoms with van der Waals surface area (Å²) in [5.74, 6) is 2.91. The number of amides is 2. The van der Waals surface area contributed by atoms with Crippen LogP contribution < -0.4 is 10.2 Å². The molecule has 2 aliphatic heterocycles. The number of likely N-dealkylation sites (tertiary alicyclic amines) is 1. The number of carbonyl (C=O) groups is 2. The Bertz CT molecular complexity index is 1010. The van der Waals surface area contributed by atoms with Crippen LogP contribution in [0.2, 0.25) is 0 Å². The first kappa shape index (κ1) is 23.5. The van der Waals surface area contributed by atoms with Gasteiger partial charge in [0.05, 0.1) is 5.52 Å². The van der Waals surface area contributed by atoms with Crippen molar-refractivity contribution in [2.45, 2.75) is 59.8 Å². The number of carbonyl (C=O) groups excluding carboxylic acids is 2. The second-order valence-electron chi connectivity index (χ2n) is 10.5. The third kappa shape index (κ3) is 5.84. The first-order chi connectivity index (χ1) is 15.8. The summed E-state index contributed by atoms with van der Waals surface area (Å²) in [7, 11) is 0. The Morgan fingerprint density at radius 2 is 1.79 bits per heavy atom. The number of nitrogens with one attached hydrogen (secondary N) is 1. The Kier molecular flexibility index (Phi) is 7.20. The molecule has 0 bridgehead atoms. The summed E-state index contributed by atoms with van der Waals surface area (Å²) in [6.07, 6.45) is 3.99. The lowest BCUT2D eigenvalue weighted by atomic mass is 9.92. The number of benzene rings is 1. The van der Waals surface area contributed by atoms with Gasteiger partial charge in [-0.1, -0.05) is 20.8 Å². The van der Waals surface area contributed by atoms with E-state index in [1.807, 2.05) is 23.1 Å². The molecule has 2 fully saturated rings. The molecule has 2 aliphatic rings. The summed E-state index contributed by atoms with van der Waals surface area (Å²) in [5, 5.41) is 4.02. The van der Waals surface area contributed by atoms with Crippen LogP contribution in [0.3, 0.4) is 0 Å². The van der Waals surface area contributed by atoms with Gasteiger partial charge in [-0.05, 0) is 73.8 Å². The molecule has 3 atom stereocenters. The number of pyridine rings is 1. The molecule has 33 heavy (non-hydrogen) atoms. The van der Waals surface area contributed by atoms with Crippen molar-refractivity contribution in [3.63, 3.8) is 0 Å². The van der Waals surface area contributed by atoms with Crippen LogP contribution in [0.4, 0.5) is 11.5 Å². The van der Waals surface area contributed by atoms with Crippen molar-refractivity contribution in [3.05, 3.63) is 29.8 Å². The summed E-state index contributed by atoms with van der Waals surface area (Å²) in [4.78, 5) is 34.2. The third-order valence-corrected chi connectivity index (χ3v) is 7.05. The number of piperidine rings is 2. The van der Waals surface area contributed by atoms with Crippen LogP contribution >= 0.6 is 0 Å². The minimum absolute atomic E-state index is 0.0872. The summed E-state index contributed by atoms with van der Waals surface area (Å²) in [6.45, 7) is 12.6. The fourth-order valence-corrected chi connectivity index (χ4v) is 5.48. The molecule has 0 spiro atoms. The van der Waals surface area contributed by atoms with Gasteiger partial charge in [0.2, 0.25) is 11.8 Å². The smallest absolute Gasteiger partial charge is 0.224 e. The van der Waals surface area contributed by atoms with Crippen LogP contribution in [0.25, 0.3) is 10.9 Å². The Morgan fingerprint density at radius 1 is 1.03 bits per heavy atom. The van der Waals surface area contributed by atoms with Gasteiger partial charge in [0.25, 0.3) is 0 Å². The summed E-state index contributed by atoms with van der Waals surface area (Å²) in [5.41, 5.74) is 2.86. The van der Waals surface area contributed by atoms with E-state index in [-0.39, 0.29) is 24.7 Å². The quantitative estimate of drug-likeness (QED) is 0.696. The van der Waals surface area contributed by atoms with Gasteiger partial charge in [0.1, 0.15) is 5.82 Å². The lowest BCUT2D eigenvalue weighted by Gasteiger charge is -2.36. The lowest BCUT2D eigenvalue weighted by molar-refractivity contribution is -0.134. The Labute approximate surface area is 197 Å². The van der Waals surface area contributed by atoms with E-state index in [1.54, 1.807) is 0 Å². The number of fused-ring (bicyclic) bond motifs is 1. The SMILES string of the molecule is Cc1cc(N2C[C@H](C)C[C@@H](C)C2)nc2ccc(NC(=O)CCC(=O)N3CCC[C@@H](C)C3)cc12. The number of hydrogen-bond acceptors (Lipinski definition) is 4. The van der Waals surface area contributed by atoms with E-state index >= 15 is 0 Å². The fourth-order valence-electron chi connectivity index (χ4n) is 5.48. The van der Waals surface area contributed by atoms with Crippen molar-refractivity contribution in [1.29, 1.82) is 0 Å². The maximum atomic E-state index is 12.5. The van der Waals surface area contributed by atoms with E-state index in [0.29, 0.717) is 17.8 Å². The fraction of sp³-hybridized carbons (Fsp3) is 0.593. The van der Waals surface area contributed by atoms with E-state index in [0.717, 1.165) is 60.6 Å². The number of aromatic nitrogens is 1. The van der Waals surface area contributed by atoms with Gasteiger partial charge in [-0.25, -0.2) is 4.98 Å². The highest BCUT2D eigenvalue weighted by atomic mass is 16.2. The average molecular weight is 451 g/mol. The number of aryl methyl sites for hydroxylation is 1. The van der Waals surface area contributed by atoms with E-state index < -0.39 is 0 Å². The van der Waals surface area contributed by atoms with Gasteiger partial charge in [-0.2, -0.15) is 0 Å². The molecular weight excluding hydrogens is 412 g/mol. The van der Waals surface area contributed by atoms with E-state index in [4.69, 9.17) is 4.98 Å². The zero-order chi connectivity index (χ0) is 23.5. The molecule has 6 nitrogen and oxygen atoms in total. The predicted octanol–water partition coefficient (Wildman–Crippen LogP) is 5.00. The minimum Gasteiger partial charge on any atom is -0.356 e. The average Bonchev–Trinajstić information content (AvgIpc) is 2.77. The monoisotopic (exact) mass is 450 g/mol. The van der Waals surface area contributed by atoms with Crippen LogP contribution in [0.15, 0.2) is 24.3 Å². The molecule has 2 amide bonds. The largest absolute Gasteiger partial charge is 0.356 e. The second kappa shape index (κ2) is 10.1. The third-order valence-electron chi connectivity index (χ3n) is 7.05. The molecule has 3 heterocycles. The highest BCUT2D eigenvalue weighted by Crippen LogP contribution is 2.29. The maximum Gasteiger partial charge on any atom is 0.224 e. The van der Waals surface area contributed by atoms with Crippen LogP contribution in [0, 0.1) is 24.7 Å². The number of nitrogens with zero attached hydrogens (tertiary/aromatic N) is 3. The van der Waals surface area contributed by atoms with Crippen molar-refractivity contribution in [2.24, 2.45) is 17.8 Å². The van der Waals surface area contributed by atoms with Gasteiger partial charge in [-0.3, -0.25) is 9.59 Å². The van der Waals surface area contributed by atoms with Crippen molar-refractivity contribution in [3.8, 4) is 0 Å². The number of hydrogen-bond donors (Lipinski definition) is 1. The van der Waals surface area contributed by atoms with Gasteiger partial charge in [0, 0.05) is 50.1 Å². The first-order valence-corrected chi connectivity index (χ1v) is 12.5. The Morgan fingerprint density at radius 3 is 2.52 bits per heavy atom. The normalized spacial score (nSPS) is 23.6. The lowest BCUT2D eigenvalue weighted by Crippen LogP contribution is -2.39.